The van der Waals surface area contributed by atoms with Gasteiger partial charge in [-0.05, 0) is 65.3 Å². The van der Waals surface area contributed by atoms with Gasteiger partial charge >= 0.3 is 6.09 Å². The Morgan fingerprint density at radius 1 is 1.29 bits per heavy atom. The molecule has 0 aromatic rings. The van der Waals surface area contributed by atoms with Crippen LogP contribution in [0.5, 0.6) is 0 Å². The third-order valence-electron chi connectivity index (χ3n) is 4.06. The lowest BCUT2D eigenvalue weighted by Crippen LogP contribution is -2.51. The summed E-state index contributed by atoms with van der Waals surface area (Å²) in [6, 6.07) is 0. The third kappa shape index (κ3) is 7.14. The number of alkyl carbamates (subject to hydrolysis) is 1. The first-order valence-electron chi connectivity index (χ1n) is 8.09. The summed E-state index contributed by atoms with van der Waals surface area (Å²) in [6.45, 7) is 9.39. The summed E-state index contributed by atoms with van der Waals surface area (Å²) in [5.74, 6) is 0.764. The van der Waals surface area contributed by atoms with E-state index in [1.807, 2.05) is 20.8 Å². The molecule has 0 atom stereocenters. The average Bonchev–Trinajstić information content (AvgIpc) is 2.39. The highest BCUT2D eigenvalue weighted by atomic mass is 16.6. The number of nitrogens with one attached hydrogen (secondary N) is 2. The highest BCUT2D eigenvalue weighted by molar-refractivity contribution is 5.67. The number of hydrogen-bond acceptors (Lipinski definition) is 4. The van der Waals surface area contributed by atoms with Crippen molar-refractivity contribution in [3.05, 3.63) is 0 Å². The smallest absolute Gasteiger partial charge is 0.407 e. The number of carbonyl (C=O) groups is 1. The summed E-state index contributed by atoms with van der Waals surface area (Å²) in [4.78, 5) is 11.5. The van der Waals surface area contributed by atoms with E-state index in [9.17, 15) is 9.90 Å². The van der Waals surface area contributed by atoms with Gasteiger partial charge in [0.1, 0.15) is 5.60 Å². The van der Waals surface area contributed by atoms with Crippen molar-refractivity contribution in [2.75, 3.05) is 19.7 Å². The van der Waals surface area contributed by atoms with E-state index in [1.165, 1.54) is 12.8 Å². The van der Waals surface area contributed by atoms with Gasteiger partial charge in [0.15, 0.2) is 0 Å². The largest absolute Gasteiger partial charge is 0.444 e. The van der Waals surface area contributed by atoms with Crippen LogP contribution in [0.4, 0.5) is 4.79 Å². The fourth-order valence-corrected chi connectivity index (χ4v) is 2.65. The maximum Gasteiger partial charge on any atom is 0.407 e. The fourth-order valence-electron chi connectivity index (χ4n) is 2.65. The second kappa shape index (κ2) is 7.99. The SMILES string of the molecule is CC1CCC(CO)(NCCCNC(=O)OC(C)(C)C)CC1. The topological polar surface area (TPSA) is 70.6 Å². The quantitative estimate of drug-likeness (QED) is 0.659. The van der Waals surface area contributed by atoms with E-state index in [0.29, 0.717) is 6.54 Å². The molecule has 1 rings (SSSR count). The molecule has 0 aromatic carbocycles. The molecule has 0 unspecified atom stereocenters. The Kier molecular flexibility index (Phi) is 6.94. The van der Waals surface area contributed by atoms with Crippen LogP contribution in [0.2, 0.25) is 0 Å². The maximum absolute atomic E-state index is 11.5. The molecule has 5 nitrogen and oxygen atoms in total. The van der Waals surface area contributed by atoms with Crippen LogP contribution in [-0.2, 0) is 4.74 Å². The van der Waals surface area contributed by atoms with Crippen LogP contribution in [0.15, 0.2) is 0 Å². The minimum atomic E-state index is -0.456. The number of aliphatic hydroxyl groups is 1. The minimum Gasteiger partial charge on any atom is -0.444 e. The molecule has 1 aliphatic carbocycles. The molecule has 0 bridgehead atoms. The molecule has 1 amide bonds. The first-order chi connectivity index (χ1) is 9.76. The van der Waals surface area contributed by atoms with Gasteiger partial charge in [-0.2, -0.15) is 0 Å². The molecule has 0 saturated heterocycles. The average molecular weight is 300 g/mol. The molecule has 1 fully saturated rings. The second-order valence-corrected chi connectivity index (χ2v) is 7.33. The standard InChI is InChI=1S/C16H32N2O3/c1-13-6-8-16(12-19,9-7-13)18-11-5-10-17-14(20)21-15(2,3)4/h13,18-19H,5-12H2,1-4H3,(H,17,20). The van der Waals surface area contributed by atoms with Crippen molar-refractivity contribution in [1.82, 2.24) is 10.6 Å². The number of aliphatic hydroxyl groups excluding tert-OH is 1. The molecule has 0 heterocycles. The van der Waals surface area contributed by atoms with Crippen LogP contribution in [0.25, 0.3) is 0 Å². The highest BCUT2D eigenvalue weighted by Gasteiger charge is 2.32. The maximum atomic E-state index is 11.5. The summed E-state index contributed by atoms with van der Waals surface area (Å²) in [6.07, 6.45) is 4.86. The van der Waals surface area contributed by atoms with Crippen LogP contribution in [-0.4, -0.2) is 42.0 Å². The van der Waals surface area contributed by atoms with E-state index in [4.69, 9.17) is 4.74 Å². The van der Waals surface area contributed by atoms with Gasteiger partial charge in [0.05, 0.1) is 6.61 Å². The minimum absolute atomic E-state index is 0.113. The molecular weight excluding hydrogens is 268 g/mol. The number of carbonyl (C=O) groups excluding carboxylic acids is 1. The van der Waals surface area contributed by atoms with Gasteiger partial charge in [0.2, 0.25) is 0 Å². The van der Waals surface area contributed by atoms with Gasteiger partial charge in [-0.3, -0.25) is 0 Å². The zero-order valence-corrected chi connectivity index (χ0v) is 14.0. The van der Waals surface area contributed by atoms with Gasteiger partial charge in [-0.25, -0.2) is 4.79 Å². The molecule has 21 heavy (non-hydrogen) atoms. The lowest BCUT2D eigenvalue weighted by atomic mass is 9.77. The van der Waals surface area contributed by atoms with E-state index in [0.717, 1.165) is 31.7 Å². The molecule has 124 valence electrons. The first kappa shape index (κ1) is 18.2. The number of ether oxygens (including phenoxy) is 1. The van der Waals surface area contributed by atoms with E-state index in [-0.39, 0.29) is 18.2 Å². The van der Waals surface area contributed by atoms with E-state index < -0.39 is 5.60 Å². The van der Waals surface area contributed by atoms with E-state index in [2.05, 4.69) is 17.6 Å². The molecule has 0 aromatic heterocycles. The first-order valence-corrected chi connectivity index (χ1v) is 8.09. The van der Waals surface area contributed by atoms with Crippen molar-refractivity contribution < 1.29 is 14.6 Å². The van der Waals surface area contributed by atoms with Crippen molar-refractivity contribution in [3.8, 4) is 0 Å². The second-order valence-electron chi connectivity index (χ2n) is 7.33. The molecule has 1 aliphatic rings. The van der Waals surface area contributed by atoms with Crippen LogP contribution in [0.1, 0.15) is 59.8 Å². The monoisotopic (exact) mass is 300 g/mol. The van der Waals surface area contributed by atoms with Gasteiger partial charge in [-0.1, -0.05) is 6.92 Å². The summed E-state index contributed by atoms with van der Waals surface area (Å²) in [5, 5.41) is 15.9. The molecule has 1 saturated carbocycles. The van der Waals surface area contributed by atoms with Crippen molar-refractivity contribution in [3.63, 3.8) is 0 Å². The molecule has 0 aliphatic heterocycles. The molecule has 0 radical (unpaired) electrons. The number of hydrogen-bond donors (Lipinski definition) is 3. The summed E-state index contributed by atoms with van der Waals surface area (Å²) in [7, 11) is 0. The van der Waals surface area contributed by atoms with Gasteiger partial charge in [0.25, 0.3) is 0 Å². The highest BCUT2D eigenvalue weighted by Crippen LogP contribution is 2.31. The van der Waals surface area contributed by atoms with Crippen LogP contribution >= 0.6 is 0 Å². The van der Waals surface area contributed by atoms with Gasteiger partial charge in [0, 0.05) is 12.1 Å². The van der Waals surface area contributed by atoms with Crippen molar-refractivity contribution in [2.24, 2.45) is 5.92 Å². The normalized spacial score (nSPS) is 26.4. The van der Waals surface area contributed by atoms with Crippen LogP contribution < -0.4 is 10.6 Å². The van der Waals surface area contributed by atoms with Crippen molar-refractivity contribution >= 4 is 6.09 Å². The molecule has 0 spiro atoms. The lowest BCUT2D eigenvalue weighted by molar-refractivity contribution is 0.0525. The third-order valence-corrected chi connectivity index (χ3v) is 4.06. The van der Waals surface area contributed by atoms with Crippen molar-refractivity contribution in [2.45, 2.75) is 70.9 Å². The van der Waals surface area contributed by atoms with Crippen molar-refractivity contribution in [1.29, 1.82) is 0 Å². The Balaban J connectivity index is 2.17. The van der Waals surface area contributed by atoms with E-state index in [1.54, 1.807) is 0 Å². The zero-order chi connectivity index (χ0) is 15.9. The van der Waals surface area contributed by atoms with Gasteiger partial charge in [-0.15, -0.1) is 0 Å². The zero-order valence-electron chi connectivity index (χ0n) is 14.0. The fraction of sp³-hybridized carbons (Fsp3) is 0.938. The summed E-state index contributed by atoms with van der Waals surface area (Å²) >= 11 is 0. The Morgan fingerprint density at radius 2 is 1.90 bits per heavy atom. The predicted molar refractivity (Wildman–Crippen MR) is 84.3 cm³/mol. The van der Waals surface area contributed by atoms with Gasteiger partial charge < -0.3 is 20.5 Å². The van der Waals surface area contributed by atoms with Crippen LogP contribution in [0, 0.1) is 5.92 Å². The Bertz CT molecular complexity index is 318. The number of amides is 1. The van der Waals surface area contributed by atoms with E-state index >= 15 is 0 Å². The van der Waals surface area contributed by atoms with Crippen LogP contribution in [0.3, 0.4) is 0 Å². The summed E-state index contributed by atoms with van der Waals surface area (Å²) in [5.41, 5.74) is -0.569. The lowest BCUT2D eigenvalue weighted by Gasteiger charge is -2.39. The Morgan fingerprint density at radius 3 is 2.43 bits per heavy atom. The molecule has 5 heteroatoms. The Hall–Kier alpha value is -0.810. The molecular formula is C16H32N2O3. The Labute approximate surface area is 128 Å². The molecule has 3 N–H and O–H groups in total. The number of rotatable bonds is 6. The predicted octanol–water partition coefficient (Wildman–Crippen LogP) is 2.43. The summed E-state index contributed by atoms with van der Waals surface area (Å²) < 4.78 is 5.18.